The number of aromatic nitrogens is 1. The van der Waals surface area contributed by atoms with Gasteiger partial charge in [-0.05, 0) is 18.4 Å². The average Bonchev–Trinajstić information content (AvgIpc) is 2.36. The van der Waals surface area contributed by atoms with E-state index in [2.05, 4.69) is 11.1 Å². The Labute approximate surface area is 103 Å². The molecule has 5 heteroatoms. The van der Waals surface area contributed by atoms with Gasteiger partial charge in [-0.25, -0.2) is 0 Å². The molecule has 0 bridgehead atoms. The van der Waals surface area contributed by atoms with Crippen molar-refractivity contribution in [2.24, 2.45) is 0 Å². The summed E-state index contributed by atoms with van der Waals surface area (Å²) >= 11 is 1.44. The lowest BCUT2D eigenvalue weighted by molar-refractivity contribution is -0.0423. The number of aliphatic hydroxyl groups is 2. The van der Waals surface area contributed by atoms with E-state index in [9.17, 15) is 0 Å². The smallest absolute Gasteiger partial charge is 0.178 e. The number of pyridine rings is 1. The second-order valence-electron chi connectivity index (χ2n) is 3.47. The first kappa shape index (κ1) is 11.9. The van der Waals surface area contributed by atoms with Gasteiger partial charge in [0.15, 0.2) is 6.29 Å². The molecule has 0 atom stereocenters. The van der Waals surface area contributed by atoms with E-state index < -0.39 is 6.29 Å². The molecule has 86 valence electrons. The van der Waals surface area contributed by atoms with Crippen molar-refractivity contribution >= 4 is 22.7 Å². The summed E-state index contributed by atoms with van der Waals surface area (Å²) in [6.07, 6.45) is 1.89. The van der Waals surface area contributed by atoms with Crippen LogP contribution in [0.3, 0.4) is 0 Å². The Morgan fingerprint density at radius 3 is 2.76 bits per heavy atom. The van der Waals surface area contributed by atoms with Gasteiger partial charge in [0.25, 0.3) is 0 Å². The first-order valence-corrected chi connectivity index (χ1v) is 6.12. The predicted molar refractivity (Wildman–Crippen MR) is 65.4 cm³/mol. The topological polar surface area (TPSA) is 77.1 Å². The summed E-state index contributed by atoms with van der Waals surface area (Å²) in [5.41, 5.74) is 1.62. The van der Waals surface area contributed by atoms with E-state index in [0.717, 1.165) is 15.8 Å². The summed E-state index contributed by atoms with van der Waals surface area (Å²) in [5.74, 6) is 0. The molecule has 0 aliphatic carbocycles. The molecule has 2 aromatic rings. The molecule has 0 saturated heterocycles. The number of nitrogens with zero attached hydrogens (tertiary/aromatic N) is 2. The van der Waals surface area contributed by atoms with Crippen LogP contribution in [0, 0.1) is 11.3 Å². The van der Waals surface area contributed by atoms with Crippen molar-refractivity contribution in [2.75, 3.05) is 6.26 Å². The molecular formula is C12H10N2O2S. The molecule has 1 aromatic carbocycles. The zero-order valence-electron chi connectivity index (χ0n) is 9.08. The molecule has 4 nitrogen and oxygen atoms in total. The number of thioether (sulfide) groups is 1. The third-order valence-corrected chi connectivity index (χ3v) is 3.31. The monoisotopic (exact) mass is 246 g/mol. The lowest BCUT2D eigenvalue weighted by Gasteiger charge is -2.08. The Bertz CT molecular complexity index is 605. The SMILES string of the molecule is CSc1c(C#N)cnc2ccc(C(O)O)cc12. The Morgan fingerprint density at radius 1 is 1.41 bits per heavy atom. The van der Waals surface area contributed by atoms with Gasteiger partial charge < -0.3 is 10.2 Å². The Morgan fingerprint density at radius 2 is 2.18 bits per heavy atom. The van der Waals surface area contributed by atoms with Crippen LogP contribution < -0.4 is 0 Å². The highest BCUT2D eigenvalue weighted by Crippen LogP contribution is 2.30. The maximum atomic E-state index is 9.14. The van der Waals surface area contributed by atoms with Crippen LogP contribution in [0.1, 0.15) is 17.4 Å². The number of fused-ring (bicyclic) bond motifs is 1. The quantitative estimate of drug-likeness (QED) is 0.624. The summed E-state index contributed by atoms with van der Waals surface area (Å²) in [6.45, 7) is 0. The number of rotatable bonds is 2. The number of hydrogen-bond acceptors (Lipinski definition) is 5. The van der Waals surface area contributed by atoms with E-state index in [4.69, 9.17) is 15.5 Å². The molecule has 0 spiro atoms. The van der Waals surface area contributed by atoms with Gasteiger partial charge in [-0.1, -0.05) is 6.07 Å². The van der Waals surface area contributed by atoms with Crippen LogP contribution in [-0.4, -0.2) is 21.5 Å². The molecule has 17 heavy (non-hydrogen) atoms. The average molecular weight is 246 g/mol. The summed E-state index contributed by atoms with van der Waals surface area (Å²) in [4.78, 5) is 4.97. The summed E-state index contributed by atoms with van der Waals surface area (Å²) in [6, 6.07) is 7.05. The van der Waals surface area contributed by atoms with Crippen LogP contribution in [0.4, 0.5) is 0 Å². The molecule has 0 amide bonds. The number of aliphatic hydroxyl groups excluding tert-OH is 1. The minimum atomic E-state index is -1.51. The van der Waals surface area contributed by atoms with Gasteiger partial charge in [0.05, 0.1) is 11.1 Å². The van der Waals surface area contributed by atoms with Crippen molar-refractivity contribution < 1.29 is 10.2 Å². The van der Waals surface area contributed by atoms with Gasteiger partial charge in [-0.2, -0.15) is 5.26 Å². The Hall–Kier alpha value is -1.61. The fourth-order valence-electron chi connectivity index (χ4n) is 1.65. The summed E-state index contributed by atoms with van der Waals surface area (Å²) in [5, 5.41) is 28.0. The molecule has 2 rings (SSSR count). The van der Waals surface area contributed by atoms with Gasteiger partial charge in [0.2, 0.25) is 0 Å². The van der Waals surface area contributed by atoms with Crippen LogP contribution >= 0.6 is 11.8 Å². The van der Waals surface area contributed by atoms with E-state index in [1.165, 1.54) is 18.0 Å². The van der Waals surface area contributed by atoms with Crippen molar-refractivity contribution in [3.05, 3.63) is 35.5 Å². The van der Waals surface area contributed by atoms with Gasteiger partial charge in [-0.3, -0.25) is 4.98 Å². The molecule has 0 aliphatic rings. The van der Waals surface area contributed by atoms with Crippen LogP contribution in [0.5, 0.6) is 0 Å². The predicted octanol–water partition coefficient (Wildman–Crippen LogP) is 1.81. The van der Waals surface area contributed by atoms with Gasteiger partial charge in [0.1, 0.15) is 6.07 Å². The standard InChI is InChI=1S/C12H10N2O2S/c1-17-11-8(5-13)6-14-10-3-2-7(12(15)16)4-9(10)11/h2-4,6,12,15-16H,1H3. The van der Waals surface area contributed by atoms with Crippen LogP contribution in [-0.2, 0) is 0 Å². The van der Waals surface area contributed by atoms with Crippen molar-refractivity contribution in [1.82, 2.24) is 4.98 Å². The Kier molecular flexibility index (Phi) is 3.29. The fourth-order valence-corrected chi connectivity index (χ4v) is 2.35. The van der Waals surface area contributed by atoms with Crippen LogP contribution in [0.2, 0.25) is 0 Å². The van der Waals surface area contributed by atoms with Crippen molar-refractivity contribution in [2.45, 2.75) is 11.2 Å². The van der Waals surface area contributed by atoms with Crippen molar-refractivity contribution in [1.29, 1.82) is 5.26 Å². The minimum Gasteiger partial charge on any atom is -0.364 e. The highest BCUT2D eigenvalue weighted by molar-refractivity contribution is 7.98. The Balaban J connectivity index is 2.77. The van der Waals surface area contributed by atoms with E-state index in [-0.39, 0.29) is 0 Å². The molecular weight excluding hydrogens is 236 g/mol. The molecule has 1 aromatic heterocycles. The van der Waals surface area contributed by atoms with Crippen LogP contribution in [0.15, 0.2) is 29.3 Å². The van der Waals surface area contributed by atoms with E-state index in [0.29, 0.717) is 11.1 Å². The van der Waals surface area contributed by atoms with E-state index in [1.807, 2.05) is 6.26 Å². The summed E-state index contributed by atoms with van der Waals surface area (Å²) < 4.78 is 0. The van der Waals surface area contributed by atoms with Crippen molar-refractivity contribution in [3.8, 4) is 6.07 Å². The summed E-state index contributed by atoms with van der Waals surface area (Å²) in [7, 11) is 0. The van der Waals surface area contributed by atoms with Crippen LogP contribution in [0.25, 0.3) is 10.9 Å². The first-order valence-electron chi connectivity index (χ1n) is 4.90. The van der Waals surface area contributed by atoms with E-state index >= 15 is 0 Å². The lowest BCUT2D eigenvalue weighted by atomic mass is 10.1. The molecule has 0 radical (unpaired) electrons. The molecule has 0 aliphatic heterocycles. The zero-order chi connectivity index (χ0) is 12.4. The normalized spacial score (nSPS) is 10.8. The minimum absolute atomic E-state index is 0.393. The second kappa shape index (κ2) is 4.72. The number of nitriles is 1. The maximum absolute atomic E-state index is 9.14. The third-order valence-electron chi connectivity index (χ3n) is 2.47. The number of hydrogen-bond donors (Lipinski definition) is 2. The third kappa shape index (κ3) is 2.11. The first-order chi connectivity index (χ1) is 8.17. The lowest BCUT2D eigenvalue weighted by Crippen LogP contribution is -1.96. The molecule has 2 N–H and O–H groups in total. The molecule has 0 fully saturated rings. The highest BCUT2D eigenvalue weighted by Gasteiger charge is 2.10. The highest BCUT2D eigenvalue weighted by atomic mass is 32.2. The van der Waals surface area contributed by atoms with E-state index in [1.54, 1.807) is 18.2 Å². The largest absolute Gasteiger partial charge is 0.364 e. The maximum Gasteiger partial charge on any atom is 0.178 e. The van der Waals surface area contributed by atoms with Gasteiger partial charge in [-0.15, -0.1) is 11.8 Å². The van der Waals surface area contributed by atoms with Crippen molar-refractivity contribution in [3.63, 3.8) is 0 Å². The molecule has 1 heterocycles. The van der Waals surface area contributed by atoms with Gasteiger partial charge >= 0.3 is 0 Å². The molecule has 0 saturated carbocycles. The second-order valence-corrected chi connectivity index (χ2v) is 4.28. The fraction of sp³-hybridized carbons (Fsp3) is 0.167. The molecule has 0 unspecified atom stereocenters. The number of benzene rings is 1. The zero-order valence-corrected chi connectivity index (χ0v) is 9.90. The van der Waals surface area contributed by atoms with Gasteiger partial charge in [0, 0.05) is 22.0 Å².